The molecule has 0 rings (SSSR count). The highest BCUT2D eigenvalue weighted by molar-refractivity contribution is 5.71. The maximum absolute atomic E-state index is 12.9. The van der Waals surface area contributed by atoms with Crippen molar-refractivity contribution in [2.24, 2.45) is 0 Å². The lowest BCUT2D eigenvalue weighted by molar-refractivity contribution is -0.167. The van der Waals surface area contributed by atoms with Gasteiger partial charge in [0.15, 0.2) is 6.10 Å². The second-order valence-electron chi connectivity index (χ2n) is 24.9. The Balaban J connectivity index is 4.17. The maximum atomic E-state index is 12.9. The Bertz CT molecular complexity index is 1230. The topological polar surface area (TPSA) is 78.9 Å². The highest BCUT2D eigenvalue weighted by Gasteiger charge is 2.20. The fourth-order valence-electron chi connectivity index (χ4n) is 11.3. The number of allylic oxidation sites excluding steroid dienone is 2. The molecule has 6 heteroatoms. The van der Waals surface area contributed by atoms with Gasteiger partial charge in [-0.2, -0.15) is 0 Å². The molecule has 0 saturated heterocycles. The van der Waals surface area contributed by atoms with E-state index in [1.807, 2.05) is 0 Å². The first-order chi connectivity index (χ1) is 39.0. The van der Waals surface area contributed by atoms with Crippen molar-refractivity contribution in [3.8, 4) is 0 Å². The molecule has 468 valence electrons. The third-order valence-electron chi connectivity index (χ3n) is 16.8. The van der Waals surface area contributed by atoms with Gasteiger partial charge in [-0.25, -0.2) is 0 Å². The third kappa shape index (κ3) is 66.8. The molecule has 0 aromatic rings. The van der Waals surface area contributed by atoms with E-state index >= 15 is 0 Å². The fourth-order valence-corrected chi connectivity index (χ4v) is 11.3. The van der Waals surface area contributed by atoms with E-state index < -0.39 is 6.10 Å². The lowest BCUT2D eigenvalue weighted by Gasteiger charge is -2.18. The summed E-state index contributed by atoms with van der Waals surface area (Å²) < 4.78 is 17.0. The number of carbonyl (C=O) groups is 3. The summed E-state index contributed by atoms with van der Waals surface area (Å²) in [5, 5.41) is 0. The van der Waals surface area contributed by atoms with E-state index in [0.29, 0.717) is 19.3 Å². The van der Waals surface area contributed by atoms with Crippen LogP contribution < -0.4 is 0 Å². The second-order valence-corrected chi connectivity index (χ2v) is 24.9. The molecule has 1 unspecified atom stereocenters. The molecule has 0 N–H and O–H groups in total. The maximum Gasteiger partial charge on any atom is 0.306 e. The van der Waals surface area contributed by atoms with Gasteiger partial charge < -0.3 is 14.2 Å². The minimum Gasteiger partial charge on any atom is -0.462 e. The molecule has 0 aliphatic rings. The van der Waals surface area contributed by atoms with Gasteiger partial charge in [0.25, 0.3) is 0 Å². The summed E-state index contributed by atoms with van der Waals surface area (Å²) >= 11 is 0. The zero-order valence-corrected chi connectivity index (χ0v) is 53.9. The predicted octanol–water partition coefficient (Wildman–Crippen LogP) is 24.8. The average molecular weight is 1110 g/mol. The summed E-state index contributed by atoms with van der Waals surface area (Å²) in [6, 6.07) is 0. The van der Waals surface area contributed by atoms with E-state index in [1.165, 1.54) is 321 Å². The van der Waals surface area contributed by atoms with Crippen molar-refractivity contribution in [3.63, 3.8) is 0 Å². The highest BCUT2D eigenvalue weighted by Crippen LogP contribution is 2.19. The third-order valence-corrected chi connectivity index (χ3v) is 16.8. The zero-order valence-electron chi connectivity index (χ0n) is 53.9. The molecule has 0 radical (unpaired) electrons. The average Bonchev–Trinajstić information content (AvgIpc) is 3.45. The van der Waals surface area contributed by atoms with Crippen LogP contribution in [0.4, 0.5) is 0 Å². The standard InChI is InChI=1S/C73H140O6/c1-4-7-10-13-16-19-22-25-28-31-32-33-34-35-36-37-38-39-40-41-42-43-46-48-51-54-57-60-63-66-72(75)78-69-70(79-73(76)67-64-61-58-55-52-49-45-30-27-24-21-18-15-12-9-6-3)68-77-71(74)65-62-59-56-53-50-47-44-29-26-23-20-17-14-11-8-5-2/h31-32,70H,4-30,33-69H2,1-3H3/b32-31-. The second kappa shape index (κ2) is 68.6. The van der Waals surface area contributed by atoms with Gasteiger partial charge in [-0.3, -0.25) is 14.4 Å². The Kier molecular flexibility index (Phi) is 67.0. The van der Waals surface area contributed by atoms with Crippen LogP contribution in [-0.2, 0) is 28.6 Å². The first-order valence-electron chi connectivity index (χ1n) is 36.2. The molecule has 0 aromatic carbocycles. The molecule has 0 bridgehead atoms. The van der Waals surface area contributed by atoms with Crippen molar-refractivity contribution in [1.82, 2.24) is 0 Å². The minimum atomic E-state index is -0.765. The summed E-state index contributed by atoms with van der Waals surface area (Å²) in [6.45, 7) is 6.74. The van der Waals surface area contributed by atoms with Gasteiger partial charge >= 0.3 is 17.9 Å². The summed E-state index contributed by atoms with van der Waals surface area (Å²) in [5.41, 5.74) is 0. The Hall–Kier alpha value is -1.85. The summed E-state index contributed by atoms with van der Waals surface area (Å²) in [4.78, 5) is 38.4. The minimum absolute atomic E-state index is 0.0618. The summed E-state index contributed by atoms with van der Waals surface area (Å²) in [6.07, 6.45) is 82.5. The lowest BCUT2D eigenvalue weighted by Crippen LogP contribution is -2.30. The van der Waals surface area contributed by atoms with Gasteiger partial charge in [0.1, 0.15) is 13.2 Å². The monoisotopic (exact) mass is 1110 g/mol. The van der Waals surface area contributed by atoms with Crippen LogP contribution in [0.5, 0.6) is 0 Å². The van der Waals surface area contributed by atoms with E-state index in [9.17, 15) is 14.4 Å². The largest absolute Gasteiger partial charge is 0.462 e. The number of hydrogen-bond acceptors (Lipinski definition) is 6. The number of esters is 3. The van der Waals surface area contributed by atoms with E-state index in [-0.39, 0.29) is 31.1 Å². The van der Waals surface area contributed by atoms with Crippen molar-refractivity contribution >= 4 is 17.9 Å². The number of carbonyl (C=O) groups excluding carboxylic acids is 3. The Morgan fingerprint density at radius 3 is 0.633 bits per heavy atom. The van der Waals surface area contributed by atoms with Gasteiger partial charge in [0.2, 0.25) is 0 Å². The van der Waals surface area contributed by atoms with Crippen molar-refractivity contribution in [2.45, 2.75) is 425 Å². The van der Waals surface area contributed by atoms with Crippen LogP contribution >= 0.6 is 0 Å². The Morgan fingerprint density at radius 1 is 0.241 bits per heavy atom. The number of hydrogen-bond donors (Lipinski definition) is 0. The van der Waals surface area contributed by atoms with Gasteiger partial charge in [-0.1, -0.05) is 367 Å². The number of rotatable bonds is 68. The van der Waals surface area contributed by atoms with Crippen LogP contribution in [0, 0.1) is 0 Å². The molecule has 0 aromatic heterocycles. The lowest BCUT2D eigenvalue weighted by atomic mass is 10.0. The van der Waals surface area contributed by atoms with Crippen molar-refractivity contribution in [1.29, 1.82) is 0 Å². The van der Waals surface area contributed by atoms with Gasteiger partial charge in [0, 0.05) is 19.3 Å². The Morgan fingerprint density at radius 2 is 0.418 bits per heavy atom. The molecule has 0 spiro atoms. The molecular weight excluding hydrogens is 973 g/mol. The molecule has 0 fully saturated rings. The van der Waals surface area contributed by atoms with E-state index in [2.05, 4.69) is 32.9 Å². The molecule has 0 saturated carbocycles. The van der Waals surface area contributed by atoms with Gasteiger partial charge in [-0.15, -0.1) is 0 Å². The van der Waals surface area contributed by atoms with Crippen LogP contribution in [0.1, 0.15) is 419 Å². The van der Waals surface area contributed by atoms with Crippen LogP contribution in [0.3, 0.4) is 0 Å². The van der Waals surface area contributed by atoms with Crippen molar-refractivity contribution in [2.75, 3.05) is 13.2 Å². The van der Waals surface area contributed by atoms with Crippen LogP contribution in [0.2, 0.25) is 0 Å². The summed E-state index contributed by atoms with van der Waals surface area (Å²) in [5.74, 6) is -0.823. The summed E-state index contributed by atoms with van der Waals surface area (Å²) in [7, 11) is 0. The zero-order chi connectivity index (χ0) is 57.1. The molecule has 79 heavy (non-hydrogen) atoms. The van der Waals surface area contributed by atoms with Gasteiger partial charge in [0.05, 0.1) is 0 Å². The van der Waals surface area contributed by atoms with Crippen LogP contribution in [-0.4, -0.2) is 37.2 Å². The van der Waals surface area contributed by atoms with Crippen molar-refractivity contribution in [3.05, 3.63) is 12.2 Å². The number of unbranched alkanes of at least 4 members (excludes halogenated alkanes) is 55. The molecule has 0 heterocycles. The van der Waals surface area contributed by atoms with Gasteiger partial charge in [-0.05, 0) is 44.9 Å². The van der Waals surface area contributed by atoms with Crippen LogP contribution in [0.15, 0.2) is 12.2 Å². The van der Waals surface area contributed by atoms with Crippen LogP contribution in [0.25, 0.3) is 0 Å². The fraction of sp³-hybridized carbons (Fsp3) is 0.932. The number of ether oxygens (including phenoxy) is 3. The highest BCUT2D eigenvalue weighted by atomic mass is 16.6. The molecular formula is C73H140O6. The molecule has 6 nitrogen and oxygen atoms in total. The van der Waals surface area contributed by atoms with E-state index in [4.69, 9.17) is 14.2 Å². The first kappa shape index (κ1) is 77.2. The molecule has 0 aliphatic carbocycles. The predicted molar refractivity (Wildman–Crippen MR) is 344 cm³/mol. The normalized spacial score (nSPS) is 12.0. The van der Waals surface area contributed by atoms with Crippen molar-refractivity contribution < 1.29 is 28.6 Å². The first-order valence-corrected chi connectivity index (χ1v) is 36.2. The SMILES string of the molecule is CCCCCCCCCC/C=C\CCCCCCCCCCCCCCCCCCCC(=O)OCC(COC(=O)CCCCCCCCCCCCCCCCCC)OC(=O)CCCCCCCCCCCCCCCCCC. The Labute approximate surface area is 494 Å². The molecule has 0 aliphatic heterocycles. The van der Waals surface area contributed by atoms with E-state index in [0.717, 1.165) is 57.8 Å². The van der Waals surface area contributed by atoms with E-state index in [1.54, 1.807) is 0 Å². The quantitative estimate of drug-likeness (QED) is 0.0261. The molecule has 0 amide bonds. The smallest absolute Gasteiger partial charge is 0.306 e. The molecule has 1 atom stereocenters.